The SMILES string of the molecule is C=C(/C=C(\CC)c1ccc(F)cc1F)C(=O)NC1(CC(=O)NC(C)(C)c2ccccc2C)CN(C(CCC)CCCO)C1. The summed E-state index contributed by atoms with van der Waals surface area (Å²) in [6, 6.07) is 11.5. The van der Waals surface area contributed by atoms with Gasteiger partial charge in [-0.05, 0) is 81.4 Å². The average molecular weight is 596 g/mol. The minimum atomic E-state index is -0.821. The van der Waals surface area contributed by atoms with Gasteiger partial charge in [0, 0.05) is 42.9 Å². The Kier molecular flexibility index (Phi) is 11.8. The summed E-state index contributed by atoms with van der Waals surface area (Å²) >= 11 is 0. The maximum Gasteiger partial charge on any atom is 0.251 e. The second-order valence-electron chi connectivity index (χ2n) is 12.3. The van der Waals surface area contributed by atoms with Crippen molar-refractivity contribution in [1.29, 1.82) is 0 Å². The Balaban J connectivity index is 1.82. The number of aryl methyl sites for hydroxylation is 1. The molecule has 2 amide bonds. The molecule has 43 heavy (non-hydrogen) atoms. The third-order valence-electron chi connectivity index (χ3n) is 8.29. The molecule has 1 unspecified atom stereocenters. The normalized spacial score (nSPS) is 15.9. The van der Waals surface area contributed by atoms with E-state index in [2.05, 4.69) is 29.0 Å². The maximum absolute atomic E-state index is 14.5. The molecule has 1 aliphatic rings. The number of nitrogens with one attached hydrogen (secondary N) is 2. The monoisotopic (exact) mass is 595 g/mol. The number of carbonyl (C=O) groups excluding carboxylic acids is 2. The van der Waals surface area contributed by atoms with Crippen LogP contribution in [0.2, 0.25) is 0 Å². The minimum Gasteiger partial charge on any atom is -0.396 e. The number of hydrogen-bond donors (Lipinski definition) is 3. The third-order valence-corrected chi connectivity index (χ3v) is 8.29. The van der Waals surface area contributed by atoms with E-state index in [-0.39, 0.29) is 36.1 Å². The van der Waals surface area contributed by atoms with Crippen LogP contribution < -0.4 is 10.6 Å². The molecule has 0 radical (unpaired) electrons. The zero-order valence-electron chi connectivity index (χ0n) is 26.2. The van der Waals surface area contributed by atoms with E-state index in [4.69, 9.17) is 0 Å². The van der Waals surface area contributed by atoms with Crippen molar-refractivity contribution in [3.63, 3.8) is 0 Å². The van der Waals surface area contributed by atoms with Crippen LogP contribution in [0, 0.1) is 18.6 Å². The van der Waals surface area contributed by atoms with Crippen molar-refractivity contribution in [2.75, 3.05) is 19.7 Å². The standard InChI is InChI=1S/C35H47F2N3O3/c1-7-12-28(14-11-18-41)40-22-35(23-40,21-32(42)38-34(5,6)30-15-10-9-13-24(30)3)39-33(43)25(4)19-26(8-2)29-17-16-27(36)20-31(29)37/h9-10,13,15-17,19-20,28,41H,4,7-8,11-12,14,18,21-23H2,1-3,5-6H3,(H,38,42)(H,39,43)/b26-19+. The van der Waals surface area contributed by atoms with E-state index in [1.165, 1.54) is 18.2 Å². The molecule has 6 nitrogen and oxygen atoms in total. The van der Waals surface area contributed by atoms with Gasteiger partial charge in [0.05, 0.1) is 17.5 Å². The first-order chi connectivity index (χ1) is 20.3. The van der Waals surface area contributed by atoms with Crippen molar-refractivity contribution in [1.82, 2.24) is 15.5 Å². The van der Waals surface area contributed by atoms with E-state index in [1.54, 1.807) is 0 Å². The molecule has 8 heteroatoms. The highest BCUT2D eigenvalue weighted by atomic mass is 19.1. The lowest BCUT2D eigenvalue weighted by Gasteiger charge is -2.53. The van der Waals surface area contributed by atoms with Gasteiger partial charge in [0.25, 0.3) is 5.91 Å². The Morgan fingerprint density at radius 1 is 1.14 bits per heavy atom. The van der Waals surface area contributed by atoms with Crippen LogP contribution in [-0.4, -0.2) is 53.1 Å². The van der Waals surface area contributed by atoms with Gasteiger partial charge in [0.1, 0.15) is 11.6 Å². The summed E-state index contributed by atoms with van der Waals surface area (Å²) in [5.74, 6) is -2.00. The molecule has 0 saturated carbocycles. The number of halogens is 2. The van der Waals surface area contributed by atoms with Crippen molar-refractivity contribution in [2.45, 2.75) is 90.3 Å². The van der Waals surface area contributed by atoms with E-state index < -0.39 is 28.6 Å². The molecule has 3 rings (SSSR count). The molecule has 2 aromatic carbocycles. The summed E-state index contributed by atoms with van der Waals surface area (Å²) in [5.41, 5.74) is 1.51. The molecule has 0 aromatic heterocycles. The van der Waals surface area contributed by atoms with Gasteiger partial charge in [-0.3, -0.25) is 14.5 Å². The molecule has 0 bridgehead atoms. The highest BCUT2D eigenvalue weighted by Crippen LogP contribution is 2.32. The van der Waals surface area contributed by atoms with Crippen molar-refractivity contribution in [3.05, 3.63) is 89.0 Å². The highest BCUT2D eigenvalue weighted by Gasteiger charge is 2.48. The van der Waals surface area contributed by atoms with Crippen LogP contribution in [-0.2, 0) is 15.1 Å². The van der Waals surface area contributed by atoms with E-state index in [0.29, 0.717) is 31.5 Å². The highest BCUT2D eigenvalue weighted by molar-refractivity contribution is 5.98. The Morgan fingerprint density at radius 2 is 1.84 bits per heavy atom. The summed E-state index contributed by atoms with van der Waals surface area (Å²) in [4.78, 5) is 29.3. The summed E-state index contributed by atoms with van der Waals surface area (Å²) in [7, 11) is 0. The Labute approximate surface area is 255 Å². The van der Waals surface area contributed by atoms with Gasteiger partial charge in [-0.25, -0.2) is 8.78 Å². The fraction of sp³-hybridized carbons (Fsp3) is 0.486. The zero-order chi connectivity index (χ0) is 31.8. The topological polar surface area (TPSA) is 81.7 Å². The van der Waals surface area contributed by atoms with Crippen LogP contribution in [0.3, 0.4) is 0 Å². The van der Waals surface area contributed by atoms with Crippen LogP contribution >= 0.6 is 0 Å². The first-order valence-corrected chi connectivity index (χ1v) is 15.2. The number of amides is 2. The van der Waals surface area contributed by atoms with Crippen molar-refractivity contribution in [3.8, 4) is 0 Å². The van der Waals surface area contributed by atoms with Crippen LogP contribution in [0.1, 0.15) is 82.9 Å². The smallest absolute Gasteiger partial charge is 0.251 e. The second-order valence-corrected chi connectivity index (χ2v) is 12.3. The van der Waals surface area contributed by atoms with Gasteiger partial charge in [-0.1, -0.05) is 51.1 Å². The lowest BCUT2D eigenvalue weighted by Crippen LogP contribution is -2.73. The third kappa shape index (κ3) is 8.83. The van der Waals surface area contributed by atoms with E-state index in [1.807, 2.05) is 52.0 Å². The van der Waals surface area contributed by atoms with Gasteiger partial charge in [0.15, 0.2) is 0 Å². The number of hydrogen-bond acceptors (Lipinski definition) is 4. The van der Waals surface area contributed by atoms with Gasteiger partial charge in [-0.2, -0.15) is 0 Å². The van der Waals surface area contributed by atoms with Gasteiger partial charge >= 0.3 is 0 Å². The molecule has 1 aliphatic heterocycles. The summed E-state index contributed by atoms with van der Waals surface area (Å²) in [6.45, 7) is 14.9. The molecule has 2 aromatic rings. The van der Waals surface area contributed by atoms with Crippen molar-refractivity contribution < 1.29 is 23.5 Å². The summed E-state index contributed by atoms with van der Waals surface area (Å²) < 4.78 is 28.0. The van der Waals surface area contributed by atoms with E-state index >= 15 is 0 Å². The summed E-state index contributed by atoms with van der Waals surface area (Å²) in [5, 5.41) is 15.7. The molecule has 0 aliphatic carbocycles. The number of benzene rings is 2. The van der Waals surface area contributed by atoms with Crippen molar-refractivity contribution >= 4 is 17.4 Å². The van der Waals surface area contributed by atoms with Gasteiger partial charge < -0.3 is 15.7 Å². The second kappa shape index (κ2) is 14.9. The van der Waals surface area contributed by atoms with E-state index in [9.17, 15) is 23.5 Å². The maximum atomic E-state index is 14.5. The van der Waals surface area contributed by atoms with E-state index in [0.717, 1.165) is 36.5 Å². The predicted octanol–water partition coefficient (Wildman–Crippen LogP) is 6.18. The predicted molar refractivity (Wildman–Crippen MR) is 168 cm³/mol. The van der Waals surface area contributed by atoms with Crippen LogP contribution in [0.5, 0.6) is 0 Å². The largest absolute Gasteiger partial charge is 0.396 e. The molecule has 0 spiro atoms. The molecular weight excluding hydrogens is 548 g/mol. The van der Waals surface area contributed by atoms with Crippen LogP contribution in [0.4, 0.5) is 8.78 Å². The Hall–Kier alpha value is -3.36. The molecular formula is C35H47F2N3O3. The van der Waals surface area contributed by atoms with Gasteiger partial charge in [0.2, 0.25) is 5.91 Å². The molecule has 1 atom stereocenters. The molecule has 234 valence electrons. The quantitative estimate of drug-likeness (QED) is 0.170. The van der Waals surface area contributed by atoms with Crippen LogP contribution in [0.15, 0.2) is 60.7 Å². The lowest BCUT2D eigenvalue weighted by atomic mass is 9.82. The Bertz CT molecular complexity index is 1330. The fourth-order valence-electron chi connectivity index (χ4n) is 6.15. The average Bonchev–Trinajstić information content (AvgIpc) is 2.92. The first kappa shape index (κ1) is 34.1. The first-order valence-electron chi connectivity index (χ1n) is 15.2. The number of rotatable bonds is 15. The number of nitrogens with zero attached hydrogens (tertiary/aromatic N) is 1. The molecule has 1 fully saturated rings. The fourth-order valence-corrected chi connectivity index (χ4v) is 6.15. The number of aliphatic hydroxyl groups is 1. The summed E-state index contributed by atoms with van der Waals surface area (Å²) in [6.07, 6.45) is 5.47. The minimum absolute atomic E-state index is 0.0770. The van der Waals surface area contributed by atoms with Crippen molar-refractivity contribution in [2.24, 2.45) is 0 Å². The van der Waals surface area contributed by atoms with Crippen LogP contribution in [0.25, 0.3) is 5.57 Å². The number of carbonyl (C=O) groups is 2. The molecule has 1 saturated heterocycles. The Morgan fingerprint density at radius 3 is 2.44 bits per heavy atom. The van der Waals surface area contributed by atoms with Gasteiger partial charge in [-0.15, -0.1) is 0 Å². The lowest BCUT2D eigenvalue weighted by molar-refractivity contribution is -0.130. The molecule has 3 N–H and O–H groups in total. The number of aliphatic hydroxyl groups excluding tert-OH is 1. The number of likely N-dealkylation sites (tertiary alicyclic amines) is 1. The zero-order valence-corrected chi connectivity index (χ0v) is 26.2. The molecule has 1 heterocycles. The number of allylic oxidation sites excluding steroid dienone is 1.